The Hall–Kier alpha value is -3.68. The van der Waals surface area contributed by atoms with Gasteiger partial charge in [0.15, 0.2) is 18.2 Å². The van der Waals surface area contributed by atoms with E-state index < -0.39 is 11.7 Å². The molecule has 0 atom stereocenters. The number of benzene rings is 2. The summed E-state index contributed by atoms with van der Waals surface area (Å²) >= 11 is 0. The van der Waals surface area contributed by atoms with Gasteiger partial charge in [0.1, 0.15) is 5.75 Å². The Bertz CT molecular complexity index is 1050. The Morgan fingerprint density at radius 1 is 1.13 bits per heavy atom. The summed E-state index contributed by atoms with van der Waals surface area (Å²) in [5, 5.41) is 2.62. The van der Waals surface area contributed by atoms with E-state index in [9.17, 15) is 14.0 Å². The minimum atomic E-state index is -0.532. The Kier molecular flexibility index (Phi) is 7.15. The number of halogens is 1. The lowest BCUT2D eigenvalue weighted by Gasteiger charge is -2.10. The SMILES string of the molecule is CCOc1ccc(-c2cc(=O)n(CCNC(=O)COc3ccccc3F)cn2)cc1. The van der Waals surface area contributed by atoms with Gasteiger partial charge in [0.25, 0.3) is 11.5 Å². The summed E-state index contributed by atoms with van der Waals surface area (Å²) in [5.41, 5.74) is 1.13. The van der Waals surface area contributed by atoms with Crippen molar-refractivity contribution in [2.24, 2.45) is 0 Å². The quantitative estimate of drug-likeness (QED) is 0.585. The van der Waals surface area contributed by atoms with Crippen molar-refractivity contribution in [2.75, 3.05) is 19.8 Å². The van der Waals surface area contributed by atoms with Gasteiger partial charge in [-0.05, 0) is 43.3 Å². The van der Waals surface area contributed by atoms with Crippen LogP contribution in [0.1, 0.15) is 6.92 Å². The molecule has 0 spiro atoms. The highest BCUT2D eigenvalue weighted by atomic mass is 19.1. The zero-order valence-corrected chi connectivity index (χ0v) is 16.5. The van der Waals surface area contributed by atoms with Crippen molar-refractivity contribution < 1.29 is 18.7 Å². The fraction of sp³-hybridized carbons (Fsp3) is 0.227. The second-order valence-electron chi connectivity index (χ2n) is 6.33. The fourth-order valence-electron chi connectivity index (χ4n) is 2.71. The van der Waals surface area contributed by atoms with Crippen molar-refractivity contribution in [3.05, 3.63) is 77.1 Å². The first-order valence-corrected chi connectivity index (χ1v) is 9.50. The molecule has 1 aromatic heterocycles. The third-order valence-electron chi connectivity index (χ3n) is 4.21. The van der Waals surface area contributed by atoms with E-state index in [-0.39, 0.29) is 31.0 Å². The molecule has 30 heavy (non-hydrogen) atoms. The van der Waals surface area contributed by atoms with Crippen molar-refractivity contribution >= 4 is 5.91 Å². The number of carbonyl (C=O) groups excluding carboxylic acids is 1. The Morgan fingerprint density at radius 2 is 1.90 bits per heavy atom. The molecule has 1 N–H and O–H groups in total. The van der Waals surface area contributed by atoms with Gasteiger partial charge in [0, 0.05) is 24.7 Å². The maximum Gasteiger partial charge on any atom is 0.258 e. The number of rotatable bonds is 9. The van der Waals surface area contributed by atoms with Crippen molar-refractivity contribution in [2.45, 2.75) is 13.5 Å². The van der Waals surface area contributed by atoms with Crippen molar-refractivity contribution in [3.8, 4) is 22.8 Å². The molecule has 8 heteroatoms. The number of hydrogen-bond acceptors (Lipinski definition) is 5. The van der Waals surface area contributed by atoms with Crippen LogP contribution in [0.15, 0.2) is 65.7 Å². The molecular formula is C22H22FN3O4. The van der Waals surface area contributed by atoms with Gasteiger partial charge in [-0.15, -0.1) is 0 Å². The molecule has 0 aliphatic carbocycles. The van der Waals surface area contributed by atoms with Crippen LogP contribution in [0.5, 0.6) is 11.5 Å². The molecule has 0 fully saturated rings. The van der Waals surface area contributed by atoms with Gasteiger partial charge in [-0.2, -0.15) is 0 Å². The number of nitrogens with one attached hydrogen (secondary N) is 1. The lowest BCUT2D eigenvalue weighted by molar-refractivity contribution is -0.123. The predicted octanol–water partition coefficient (Wildman–Crippen LogP) is 2.64. The fourth-order valence-corrected chi connectivity index (χ4v) is 2.71. The van der Waals surface area contributed by atoms with Crippen LogP contribution in [0.2, 0.25) is 0 Å². The van der Waals surface area contributed by atoms with Gasteiger partial charge >= 0.3 is 0 Å². The van der Waals surface area contributed by atoms with E-state index in [2.05, 4.69) is 10.3 Å². The highest BCUT2D eigenvalue weighted by molar-refractivity contribution is 5.77. The summed E-state index contributed by atoms with van der Waals surface area (Å²) in [7, 11) is 0. The van der Waals surface area contributed by atoms with Gasteiger partial charge in [0.05, 0.1) is 18.6 Å². The van der Waals surface area contributed by atoms with Gasteiger partial charge in [-0.3, -0.25) is 14.2 Å². The molecular weight excluding hydrogens is 389 g/mol. The minimum Gasteiger partial charge on any atom is -0.494 e. The second kappa shape index (κ2) is 10.2. The number of hydrogen-bond donors (Lipinski definition) is 1. The Balaban J connectivity index is 1.50. The largest absolute Gasteiger partial charge is 0.494 e. The second-order valence-corrected chi connectivity index (χ2v) is 6.33. The summed E-state index contributed by atoms with van der Waals surface area (Å²) < 4.78 is 25.4. The van der Waals surface area contributed by atoms with Gasteiger partial charge in [-0.25, -0.2) is 9.37 Å². The van der Waals surface area contributed by atoms with E-state index in [4.69, 9.17) is 9.47 Å². The summed E-state index contributed by atoms with van der Waals surface area (Å²) in [6.45, 7) is 2.64. The van der Waals surface area contributed by atoms with Crippen LogP contribution >= 0.6 is 0 Å². The molecule has 0 saturated carbocycles. The molecule has 0 radical (unpaired) electrons. The predicted molar refractivity (Wildman–Crippen MR) is 110 cm³/mol. The minimum absolute atomic E-state index is 0.0120. The van der Waals surface area contributed by atoms with E-state index in [1.807, 2.05) is 31.2 Å². The standard InChI is InChI=1S/C22H22FN3O4/c1-2-29-17-9-7-16(8-10-17)19-13-22(28)26(15-25-19)12-11-24-21(27)14-30-20-6-4-3-5-18(20)23/h3-10,13,15H,2,11-12,14H2,1H3,(H,24,27). The first-order chi connectivity index (χ1) is 14.6. The van der Waals surface area contributed by atoms with Crippen LogP contribution in [0, 0.1) is 5.82 Å². The maximum absolute atomic E-state index is 13.5. The number of amides is 1. The lowest BCUT2D eigenvalue weighted by Crippen LogP contribution is -2.33. The van der Waals surface area contributed by atoms with Crippen LogP contribution in [-0.4, -0.2) is 35.2 Å². The molecule has 0 aliphatic heterocycles. The molecule has 1 amide bonds. The topological polar surface area (TPSA) is 82.5 Å². The van der Waals surface area contributed by atoms with Crippen LogP contribution < -0.4 is 20.3 Å². The van der Waals surface area contributed by atoms with Crippen LogP contribution in [0.4, 0.5) is 4.39 Å². The molecule has 0 bridgehead atoms. The monoisotopic (exact) mass is 411 g/mol. The number of ether oxygens (including phenoxy) is 2. The van der Waals surface area contributed by atoms with E-state index in [1.54, 1.807) is 6.07 Å². The number of para-hydroxylation sites is 1. The summed E-state index contributed by atoms with van der Waals surface area (Å²) in [6, 6.07) is 14.6. The summed E-state index contributed by atoms with van der Waals surface area (Å²) in [5.74, 6) is -0.178. The number of carbonyl (C=O) groups is 1. The highest BCUT2D eigenvalue weighted by Gasteiger charge is 2.07. The van der Waals surface area contributed by atoms with E-state index in [1.165, 1.54) is 35.2 Å². The molecule has 1 heterocycles. The van der Waals surface area contributed by atoms with Crippen molar-refractivity contribution in [1.29, 1.82) is 0 Å². The molecule has 0 unspecified atom stereocenters. The van der Waals surface area contributed by atoms with E-state index in [0.717, 1.165) is 11.3 Å². The normalized spacial score (nSPS) is 10.5. The van der Waals surface area contributed by atoms with Crippen molar-refractivity contribution in [1.82, 2.24) is 14.9 Å². The summed E-state index contributed by atoms with van der Waals surface area (Å²) in [4.78, 5) is 28.5. The molecule has 0 saturated heterocycles. The molecule has 156 valence electrons. The van der Waals surface area contributed by atoms with Crippen LogP contribution in [0.3, 0.4) is 0 Å². The van der Waals surface area contributed by atoms with E-state index in [0.29, 0.717) is 12.3 Å². The van der Waals surface area contributed by atoms with E-state index >= 15 is 0 Å². The smallest absolute Gasteiger partial charge is 0.258 e. The number of nitrogens with zero attached hydrogens (tertiary/aromatic N) is 2. The first kappa shape index (κ1) is 21.0. The average molecular weight is 411 g/mol. The van der Waals surface area contributed by atoms with Gasteiger partial charge < -0.3 is 14.8 Å². The third-order valence-corrected chi connectivity index (χ3v) is 4.21. The third kappa shape index (κ3) is 5.66. The summed E-state index contributed by atoms with van der Waals surface area (Å²) in [6.07, 6.45) is 1.44. The molecule has 0 aliphatic rings. The van der Waals surface area contributed by atoms with Crippen LogP contribution in [-0.2, 0) is 11.3 Å². The zero-order valence-electron chi connectivity index (χ0n) is 16.5. The van der Waals surface area contributed by atoms with Crippen LogP contribution in [0.25, 0.3) is 11.3 Å². The zero-order chi connectivity index (χ0) is 21.3. The average Bonchev–Trinajstić information content (AvgIpc) is 2.75. The Morgan fingerprint density at radius 3 is 2.60 bits per heavy atom. The molecule has 2 aromatic carbocycles. The lowest BCUT2D eigenvalue weighted by atomic mass is 10.1. The number of aromatic nitrogens is 2. The highest BCUT2D eigenvalue weighted by Crippen LogP contribution is 2.19. The van der Waals surface area contributed by atoms with Gasteiger partial charge in [-0.1, -0.05) is 12.1 Å². The first-order valence-electron chi connectivity index (χ1n) is 9.50. The maximum atomic E-state index is 13.5. The Labute approximate surface area is 173 Å². The van der Waals surface area contributed by atoms with Gasteiger partial charge in [0.2, 0.25) is 0 Å². The molecule has 3 aromatic rings. The molecule has 7 nitrogen and oxygen atoms in total. The van der Waals surface area contributed by atoms with Crippen molar-refractivity contribution in [3.63, 3.8) is 0 Å². The molecule has 3 rings (SSSR count).